The van der Waals surface area contributed by atoms with Crippen LogP contribution in [0.1, 0.15) is 5.76 Å². The molecule has 0 bridgehead atoms. The molecule has 1 aromatic heterocycles. The Balaban J connectivity index is 2.43. The van der Waals surface area contributed by atoms with E-state index in [1.165, 1.54) is 12.2 Å². The summed E-state index contributed by atoms with van der Waals surface area (Å²) in [6.07, 6.45) is 2.79. The molecule has 2 rings (SSSR count). The SMILES string of the molecule is NC(=O)/C=C/c1cc(Br)c(-c2ccc(Br)cc2Br)o1. The molecule has 2 N–H and O–H groups in total. The van der Waals surface area contributed by atoms with Crippen LogP contribution < -0.4 is 5.73 Å². The average Bonchev–Trinajstić information content (AvgIpc) is 2.68. The fourth-order valence-corrected chi connectivity index (χ4v) is 3.24. The highest BCUT2D eigenvalue weighted by molar-refractivity contribution is 9.11. The van der Waals surface area contributed by atoms with Crippen molar-refractivity contribution in [2.24, 2.45) is 5.73 Å². The van der Waals surface area contributed by atoms with E-state index in [1.807, 2.05) is 18.2 Å². The number of halogens is 3. The van der Waals surface area contributed by atoms with Crippen LogP contribution >= 0.6 is 47.8 Å². The maximum Gasteiger partial charge on any atom is 0.241 e. The lowest BCUT2D eigenvalue weighted by molar-refractivity contribution is -0.113. The normalized spacial score (nSPS) is 11.1. The van der Waals surface area contributed by atoms with Gasteiger partial charge in [0, 0.05) is 20.6 Å². The molecule has 0 saturated carbocycles. The van der Waals surface area contributed by atoms with Crippen LogP contribution in [0.3, 0.4) is 0 Å². The van der Waals surface area contributed by atoms with Crippen LogP contribution in [-0.4, -0.2) is 5.91 Å². The van der Waals surface area contributed by atoms with E-state index in [2.05, 4.69) is 47.8 Å². The smallest absolute Gasteiger partial charge is 0.241 e. The van der Waals surface area contributed by atoms with Gasteiger partial charge in [-0.05, 0) is 62.2 Å². The van der Waals surface area contributed by atoms with E-state index in [1.54, 1.807) is 6.07 Å². The lowest BCUT2D eigenvalue weighted by atomic mass is 10.2. The highest BCUT2D eigenvalue weighted by Gasteiger charge is 2.13. The van der Waals surface area contributed by atoms with Crippen molar-refractivity contribution in [3.63, 3.8) is 0 Å². The zero-order valence-corrected chi connectivity index (χ0v) is 14.2. The molecule has 0 aliphatic carbocycles. The first-order valence-electron chi connectivity index (χ1n) is 5.19. The first-order chi connectivity index (χ1) is 8.97. The van der Waals surface area contributed by atoms with Crippen molar-refractivity contribution >= 4 is 59.8 Å². The minimum absolute atomic E-state index is 0.515. The molecular formula is C13H8Br3NO2. The van der Waals surface area contributed by atoms with Gasteiger partial charge in [0.15, 0.2) is 0 Å². The van der Waals surface area contributed by atoms with Gasteiger partial charge in [-0.2, -0.15) is 0 Å². The van der Waals surface area contributed by atoms with Gasteiger partial charge in [-0.15, -0.1) is 0 Å². The summed E-state index contributed by atoms with van der Waals surface area (Å²) in [5, 5.41) is 0. The van der Waals surface area contributed by atoms with Crippen molar-refractivity contribution in [1.29, 1.82) is 0 Å². The number of hydrogen-bond acceptors (Lipinski definition) is 2. The van der Waals surface area contributed by atoms with Crippen LogP contribution in [0.15, 0.2) is 48.2 Å². The summed E-state index contributed by atoms with van der Waals surface area (Å²) < 4.78 is 8.37. The molecule has 0 fully saturated rings. The number of amides is 1. The summed E-state index contributed by atoms with van der Waals surface area (Å²) in [4.78, 5) is 10.7. The number of hydrogen-bond donors (Lipinski definition) is 1. The van der Waals surface area contributed by atoms with Crippen LogP contribution in [0.2, 0.25) is 0 Å². The van der Waals surface area contributed by atoms with E-state index in [9.17, 15) is 4.79 Å². The molecule has 0 aliphatic rings. The van der Waals surface area contributed by atoms with Crippen molar-refractivity contribution in [3.05, 3.63) is 49.5 Å². The third-order valence-electron chi connectivity index (χ3n) is 2.29. The predicted molar refractivity (Wildman–Crippen MR) is 85.5 cm³/mol. The summed E-state index contributed by atoms with van der Waals surface area (Å²) in [6, 6.07) is 7.57. The van der Waals surface area contributed by atoms with Gasteiger partial charge in [-0.3, -0.25) is 4.79 Å². The van der Waals surface area contributed by atoms with Gasteiger partial charge < -0.3 is 10.2 Å². The number of carbonyl (C=O) groups is 1. The Hall–Kier alpha value is -0.850. The number of furan rings is 1. The number of primary amides is 1. The molecule has 0 atom stereocenters. The molecule has 2 aromatic rings. The largest absolute Gasteiger partial charge is 0.455 e. The van der Waals surface area contributed by atoms with Gasteiger partial charge in [-0.1, -0.05) is 15.9 Å². The van der Waals surface area contributed by atoms with Crippen molar-refractivity contribution < 1.29 is 9.21 Å². The van der Waals surface area contributed by atoms with Crippen LogP contribution in [0.5, 0.6) is 0 Å². The van der Waals surface area contributed by atoms with Gasteiger partial charge in [0.05, 0.1) is 4.47 Å². The number of rotatable bonds is 3. The Kier molecular flexibility index (Phi) is 4.65. The fourth-order valence-electron chi connectivity index (χ4n) is 1.49. The molecule has 1 heterocycles. The number of benzene rings is 1. The minimum Gasteiger partial charge on any atom is -0.455 e. The second-order valence-electron chi connectivity index (χ2n) is 3.69. The third kappa shape index (κ3) is 3.58. The highest BCUT2D eigenvalue weighted by Crippen LogP contribution is 2.37. The molecule has 19 heavy (non-hydrogen) atoms. The summed E-state index contributed by atoms with van der Waals surface area (Å²) in [6.45, 7) is 0. The van der Waals surface area contributed by atoms with Crippen LogP contribution in [0, 0.1) is 0 Å². The van der Waals surface area contributed by atoms with Crippen LogP contribution in [-0.2, 0) is 4.79 Å². The molecule has 0 spiro atoms. The molecular weight excluding hydrogens is 442 g/mol. The molecule has 3 nitrogen and oxygen atoms in total. The Morgan fingerprint density at radius 3 is 2.53 bits per heavy atom. The number of carbonyl (C=O) groups excluding carboxylic acids is 1. The molecule has 1 amide bonds. The number of nitrogens with two attached hydrogens (primary N) is 1. The van der Waals surface area contributed by atoms with E-state index in [-0.39, 0.29) is 0 Å². The van der Waals surface area contributed by atoms with Crippen molar-refractivity contribution in [2.75, 3.05) is 0 Å². The van der Waals surface area contributed by atoms with Gasteiger partial charge in [0.2, 0.25) is 5.91 Å². The Labute approximate surface area is 135 Å². The van der Waals surface area contributed by atoms with Crippen LogP contribution in [0.4, 0.5) is 0 Å². The monoisotopic (exact) mass is 447 g/mol. The van der Waals surface area contributed by atoms with Gasteiger partial charge in [0.25, 0.3) is 0 Å². The van der Waals surface area contributed by atoms with E-state index < -0.39 is 5.91 Å². The van der Waals surface area contributed by atoms with E-state index >= 15 is 0 Å². The molecule has 6 heteroatoms. The molecule has 0 unspecified atom stereocenters. The van der Waals surface area contributed by atoms with E-state index in [4.69, 9.17) is 10.2 Å². The van der Waals surface area contributed by atoms with Crippen molar-refractivity contribution in [2.45, 2.75) is 0 Å². The second kappa shape index (κ2) is 6.07. The van der Waals surface area contributed by atoms with Gasteiger partial charge in [0.1, 0.15) is 11.5 Å². The molecule has 0 radical (unpaired) electrons. The van der Waals surface area contributed by atoms with Gasteiger partial charge >= 0.3 is 0 Å². The summed E-state index contributed by atoms with van der Waals surface area (Å²) in [7, 11) is 0. The highest BCUT2D eigenvalue weighted by atomic mass is 79.9. The maximum absolute atomic E-state index is 10.7. The summed E-state index contributed by atoms with van der Waals surface area (Å²) in [5.74, 6) is 0.720. The van der Waals surface area contributed by atoms with Gasteiger partial charge in [-0.25, -0.2) is 0 Å². The molecule has 0 saturated heterocycles. The fraction of sp³-hybridized carbons (Fsp3) is 0. The summed E-state index contributed by atoms with van der Waals surface area (Å²) in [5.41, 5.74) is 5.96. The van der Waals surface area contributed by atoms with E-state index in [0.29, 0.717) is 11.5 Å². The lowest BCUT2D eigenvalue weighted by Gasteiger charge is -2.02. The lowest BCUT2D eigenvalue weighted by Crippen LogP contribution is -2.04. The quantitative estimate of drug-likeness (QED) is 0.688. The predicted octanol–water partition coefficient (Wildman–Crippen LogP) is 4.73. The minimum atomic E-state index is -0.515. The first kappa shape index (κ1) is 14.6. The van der Waals surface area contributed by atoms with E-state index in [0.717, 1.165) is 19.0 Å². The van der Waals surface area contributed by atoms with Crippen LogP contribution in [0.25, 0.3) is 17.4 Å². The zero-order chi connectivity index (χ0) is 14.0. The first-order valence-corrected chi connectivity index (χ1v) is 7.57. The maximum atomic E-state index is 10.7. The topological polar surface area (TPSA) is 56.2 Å². The third-order valence-corrected chi connectivity index (χ3v) is 4.03. The average molecular weight is 450 g/mol. The Bertz CT molecular complexity index is 662. The van der Waals surface area contributed by atoms with Crippen molar-refractivity contribution in [3.8, 4) is 11.3 Å². The summed E-state index contributed by atoms with van der Waals surface area (Å²) >= 11 is 10.3. The Morgan fingerprint density at radius 1 is 1.16 bits per heavy atom. The zero-order valence-electron chi connectivity index (χ0n) is 9.49. The molecule has 98 valence electrons. The Morgan fingerprint density at radius 2 is 1.89 bits per heavy atom. The molecule has 0 aliphatic heterocycles. The van der Waals surface area contributed by atoms with Crippen molar-refractivity contribution in [1.82, 2.24) is 0 Å². The standard InChI is InChI=1S/C13H8Br3NO2/c14-7-1-3-9(10(15)5-7)13-11(16)6-8(19-13)2-4-12(17)18/h1-6H,(H2,17,18)/b4-2+. The second-order valence-corrected chi connectivity index (χ2v) is 6.31. The molecule has 1 aromatic carbocycles.